The van der Waals surface area contributed by atoms with Crippen LogP contribution in [0.3, 0.4) is 0 Å². The van der Waals surface area contributed by atoms with E-state index in [0.717, 1.165) is 4.31 Å². The minimum absolute atomic E-state index is 0.0262. The van der Waals surface area contributed by atoms with E-state index in [9.17, 15) is 13.2 Å². The molecule has 0 heterocycles. The molecule has 0 saturated heterocycles. The topological polar surface area (TPSA) is 84.9 Å². The Bertz CT molecular complexity index is 883. The number of nitrogens with zero attached hydrogens (tertiary/aromatic N) is 1. The fraction of sp³-hybridized carbons (Fsp3) is 0.235. The van der Waals surface area contributed by atoms with Crippen LogP contribution in [0.15, 0.2) is 47.4 Å². The zero-order valence-corrected chi connectivity index (χ0v) is 16.1. The molecule has 0 aliphatic rings. The molecule has 7 nitrogen and oxygen atoms in total. The number of nitrogens with one attached hydrogen (secondary N) is 1. The van der Waals surface area contributed by atoms with Crippen LogP contribution in [0.2, 0.25) is 5.02 Å². The van der Waals surface area contributed by atoms with Crippen molar-refractivity contribution in [3.05, 3.63) is 47.5 Å². The Morgan fingerprint density at radius 3 is 2.31 bits per heavy atom. The maximum Gasteiger partial charge on any atom is 0.262 e. The molecule has 0 saturated carbocycles. The van der Waals surface area contributed by atoms with Crippen LogP contribution in [0.1, 0.15) is 0 Å². The highest BCUT2D eigenvalue weighted by Gasteiger charge is 2.19. The molecule has 1 amide bonds. The summed E-state index contributed by atoms with van der Waals surface area (Å²) in [5, 5.41) is 2.77. The van der Waals surface area contributed by atoms with E-state index in [1.54, 1.807) is 31.4 Å². The van der Waals surface area contributed by atoms with E-state index in [1.165, 1.54) is 32.3 Å². The van der Waals surface area contributed by atoms with Gasteiger partial charge in [0, 0.05) is 14.1 Å². The average Bonchev–Trinajstić information content (AvgIpc) is 2.62. The van der Waals surface area contributed by atoms with Gasteiger partial charge in [0.1, 0.15) is 11.5 Å². The lowest BCUT2D eigenvalue weighted by molar-refractivity contribution is -0.118. The monoisotopic (exact) mass is 398 g/mol. The van der Waals surface area contributed by atoms with E-state index in [1.807, 2.05) is 0 Å². The Labute approximate surface area is 157 Å². The van der Waals surface area contributed by atoms with Gasteiger partial charge in [-0.2, -0.15) is 0 Å². The zero-order chi connectivity index (χ0) is 19.3. The van der Waals surface area contributed by atoms with Crippen LogP contribution in [0.4, 0.5) is 5.69 Å². The SMILES string of the molecule is COc1ccc(OCC(=O)Nc2cc(S(=O)(=O)N(C)C)ccc2Cl)cc1. The normalized spacial score (nSPS) is 11.3. The molecule has 140 valence electrons. The summed E-state index contributed by atoms with van der Waals surface area (Å²) < 4.78 is 35.9. The number of hydrogen-bond donors (Lipinski definition) is 1. The van der Waals surface area contributed by atoms with E-state index in [4.69, 9.17) is 21.1 Å². The van der Waals surface area contributed by atoms with Gasteiger partial charge in [-0.05, 0) is 42.5 Å². The van der Waals surface area contributed by atoms with Crippen LogP contribution in [-0.2, 0) is 14.8 Å². The van der Waals surface area contributed by atoms with Gasteiger partial charge >= 0.3 is 0 Å². The zero-order valence-electron chi connectivity index (χ0n) is 14.5. The molecule has 0 unspecified atom stereocenters. The van der Waals surface area contributed by atoms with E-state index in [-0.39, 0.29) is 22.2 Å². The highest BCUT2D eigenvalue weighted by molar-refractivity contribution is 7.89. The van der Waals surface area contributed by atoms with Gasteiger partial charge in [0.05, 0.1) is 22.7 Å². The summed E-state index contributed by atoms with van der Waals surface area (Å²) in [6, 6.07) is 10.9. The number of hydrogen-bond acceptors (Lipinski definition) is 5. The van der Waals surface area contributed by atoms with E-state index >= 15 is 0 Å². The van der Waals surface area contributed by atoms with Crippen molar-refractivity contribution in [1.29, 1.82) is 0 Å². The van der Waals surface area contributed by atoms with Crippen LogP contribution >= 0.6 is 11.6 Å². The number of carbonyl (C=O) groups excluding carboxylic acids is 1. The predicted octanol–water partition coefficient (Wildman–Crippen LogP) is 2.62. The van der Waals surface area contributed by atoms with Crippen molar-refractivity contribution in [2.75, 3.05) is 33.1 Å². The van der Waals surface area contributed by atoms with Gasteiger partial charge in [0.15, 0.2) is 6.61 Å². The molecule has 2 aromatic carbocycles. The number of methoxy groups -OCH3 is 1. The van der Waals surface area contributed by atoms with Gasteiger partial charge in [0.25, 0.3) is 5.91 Å². The molecule has 0 radical (unpaired) electrons. The minimum Gasteiger partial charge on any atom is -0.497 e. The summed E-state index contributed by atoms with van der Waals surface area (Å²) in [4.78, 5) is 12.1. The molecule has 0 spiro atoms. The fourth-order valence-corrected chi connectivity index (χ4v) is 3.07. The number of sulfonamides is 1. The first-order valence-corrected chi connectivity index (χ1v) is 9.34. The van der Waals surface area contributed by atoms with E-state index in [2.05, 4.69) is 5.32 Å². The quantitative estimate of drug-likeness (QED) is 0.774. The Morgan fingerprint density at radius 2 is 1.73 bits per heavy atom. The van der Waals surface area contributed by atoms with Crippen LogP contribution in [-0.4, -0.2) is 46.4 Å². The second-order valence-corrected chi connectivity index (χ2v) is 8.00. The predicted molar refractivity (Wildman–Crippen MR) is 99.4 cm³/mol. The number of ether oxygens (including phenoxy) is 2. The highest BCUT2D eigenvalue weighted by Crippen LogP contribution is 2.26. The number of carbonyl (C=O) groups is 1. The lowest BCUT2D eigenvalue weighted by Crippen LogP contribution is -2.23. The first kappa shape index (κ1) is 20.0. The Balaban J connectivity index is 2.06. The fourth-order valence-electron chi connectivity index (χ4n) is 1.98. The molecule has 0 aromatic heterocycles. The summed E-state index contributed by atoms with van der Waals surface area (Å²) in [6.07, 6.45) is 0. The number of benzene rings is 2. The molecular formula is C17H19ClN2O5S. The van der Waals surface area contributed by atoms with Gasteiger partial charge in [-0.1, -0.05) is 11.6 Å². The lowest BCUT2D eigenvalue weighted by Gasteiger charge is -2.14. The Kier molecular flexibility index (Phi) is 6.47. The average molecular weight is 399 g/mol. The number of anilines is 1. The largest absolute Gasteiger partial charge is 0.497 e. The van der Waals surface area contributed by atoms with Crippen LogP contribution in [0, 0.1) is 0 Å². The van der Waals surface area contributed by atoms with Crippen molar-refractivity contribution in [3.63, 3.8) is 0 Å². The first-order valence-electron chi connectivity index (χ1n) is 7.53. The van der Waals surface area contributed by atoms with Crippen molar-refractivity contribution >= 4 is 33.2 Å². The summed E-state index contributed by atoms with van der Waals surface area (Å²) in [5.74, 6) is 0.700. The molecule has 0 bridgehead atoms. The molecule has 2 aromatic rings. The van der Waals surface area contributed by atoms with Crippen molar-refractivity contribution in [3.8, 4) is 11.5 Å². The number of halogens is 1. The van der Waals surface area contributed by atoms with Gasteiger partial charge in [0.2, 0.25) is 10.0 Å². The molecule has 0 aliphatic carbocycles. The van der Waals surface area contributed by atoms with Crippen LogP contribution < -0.4 is 14.8 Å². The first-order chi connectivity index (χ1) is 12.2. The maximum absolute atomic E-state index is 12.2. The molecular weight excluding hydrogens is 380 g/mol. The lowest BCUT2D eigenvalue weighted by atomic mass is 10.3. The van der Waals surface area contributed by atoms with E-state index in [0.29, 0.717) is 11.5 Å². The molecule has 9 heteroatoms. The number of rotatable bonds is 7. The van der Waals surface area contributed by atoms with Gasteiger partial charge < -0.3 is 14.8 Å². The van der Waals surface area contributed by atoms with E-state index < -0.39 is 15.9 Å². The van der Waals surface area contributed by atoms with Crippen molar-refractivity contribution in [2.45, 2.75) is 4.90 Å². The third-order valence-corrected chi connectivity index (χ3v) is 5.56. The van der Waals surface area contributed by atoms with Crippen molar-refractivity contribution < 1.29 is 22.7 Å². The van der Waals surface area contributed by atoms with Gasteiger partial charge in [-0.15, -0.1) is 0 Å². The van der Waals surface area contributed by atoms with Gasteiger partial charge in [-0.25, -0.2) is 12.7 Å². The molecule has 1 N–H and O–H groups in total. The summed E-state index contributed by atoms with van der Waals surface area (Å²) in [7, 11) is 0.763. The molecule has 0 fully saturated rings. The Morgan fingerprint density at radius 1 is 1.12 bits per heavy atom. The second-order valence-electron chi connectivity index (χ2n) is 5.44. The third kappa shape index (κ3) is 4.87. The van der Waals surface area contributed by atoms with Crippen LogP contribution in [0.5, 0.6) is 11.5 Å². The van der Waals surface area contributed by atoms with Crippen molar-refractivity contribution in [2.24, 2.45) is 0 Å². The Hall–Kier alpha value is -2.29. The third-order valence-electron chi connectivity index (χ3n) is 3.42. The smallest absolute Gasteiger partial charge is 0.262 e. The minimum atomic E-state index is -3.63. The summed E-state index contributed by atoms with van der Waals surface area (Å²) in [6.45, 7) is -0.257. The summed E-state index contributed by atoms with van der Waals surface area (Å²) in [5.41, 5.74) is 0.193. The maximum atomic E-state index is 12.2. The van der Waals surface area contributed by atoms with Crippen molar-refractivity contribution in [1.82, 2.24) is 4.31 Å². The van der Waals surface area contributed by atoms with Crippen LogP contribution in [0.25, 0.3) is 0 Å². The molecule has 0 atom stereocenters. The molecule has 2 rings (SSSR count). The molecule has 0 aliphatic heterocycles. The second kappa shape index (κ2) is 8.39. The highest BCUT2D eigenvalue weighted by atomic mass is 35.5. The van der Waals surface area contributed by atoms with Gasteiger partial charge in [-0.3, -0.25) is 4.79 Å². The summed E-state index contributed by atoms with van der Waals surface area (Å²) >= 11 is 6.04. The number of amides is 1. The standard InChI is InChI=1S/C17H19ClN2O5S/c1-20(2)26(22,23)14-8-9-15(18)16(10-14)19-17(21)11-25-13-6-4-12(24-3)5-7-13/h4-10H,11H2,1-3H3,(H,19,21). The molecule has 26 heavy (non-hydrogen) atoms.